The molecule has 2 N–H and O–H groups in total. The highest BCUT2D eigenvalue weighted by molar-refractivity contribution is 5.96. The summed E-state index contributed by atoms with van der Waals surface area (Å²) in [7, 11) is 0. The van der Waals surface area contributed by atoms with Gasteiger partial charge < -0.3 is 15.5 Å². The molecule has 1 saturated carbocycles. The number of hydrogen-bond acceptors (Lipinski definition) is 2. The minimum atomic E-state index is -0.934. The van der Waals surface area contributed by atoms with E-state index in [1.165, 1.54) is 6.07 Å². The fourth-order valence-corrected chi connectivity index (χ4v) is 3.91. The van der Waals surface area contributed by atoms with E-state index in [-0.39, 0.29) is 11.6 Å². The summed E-state index contributed by atoms with van der Waals surface area (Å²) in [5.41, 5.74) is -1.05. The molecular weight excluding hydrogens is 340 g/mol. The summed E-state index contributed by atoms with van der Waals surface area (Å²) < 4.78 is 26.8. The monoisotopic (exact) mass is 365 g/mol. The minimum Gasteiger partial charge on any atom is -0.341 e. The molecule has 3 rings (SSSR count). The second kappa shape index (κ2) is 8.01. The number of anilines is 1. The molecule has 0 spiro atoms. The van der Waals surface area contributed by atoms with Crippen LogP contribution in [0.1, 0.15) is 51.4 Å². The van der Waals surface area contributed by atoms with Gasteiger partial charge in [0, 0.05) is 19.2 Å². The van der Waals surface area contributed by atoms with E-state index in [0.29, 0.717) is 18.9 Å². The molecule has 1 aromatic carbocycles. The number of benzene rings is 1. The molecule has 1 aliphatic heterocycles. The average Bonchev–Trinajstić information content (AvgIpc) is 2.65. The number of piperidine rings is 1. The van der Waals surface area contributed by atoms with Crippen LogP contribution in [0.5, 0.6) is 0 Å². The highest BCUT2D eigenvalue weighted by Gasteiger charge is 2.43. The molecule has 2 aliphatic rings. The number of hydrogen-bond donors (Lipinski definition) is 2. The van der Waals surface area contributed by atoms with E-state index in [0.717, 1.165) is 57.7 Å². The summed E-state index contributed by atoms with van der Waals surface area (Å²) in [4.78, 5) is 27.4. The number of carbonyl (C=O) groups excluding carboxylic acids is 2. The van der Waals surface area contributed by atoms with Gasteiger partial charge in [-0.1, -0.05) is 19.3 Å². The van der Waals surface area contributed by atoms with Crippen LogP contribution in [0.3, 0.4) is 0 Å². The van der Waals surface area contributed by atoms with Crippen molar-refractivity contribution >= 4 is 17.6 Å². The lowest BCUT2D eigenvalue weighted by Crippen LogP contribution is -2.61. The Morgan fingerprint density at radius 3 is 2.27 bits per heavy atom. The molecule has 142 valence electrons. The van der Waals surface area contributed by atoms with Crippen molar-refractivity contribution in [3.63, 3.8) is 0 Å². The minimum absolute atomic E-state index is 0.0355. The molecule has 1 saturated heterocycles. The van der Waals surface area contributed by atoms with E-state index in [9.17, 15) is 18.4 Å². The Kier molecular flexibility index (Phi) is 5.74. The van der Waals surface area contributed by atoms with Gasteiger partial charge in [-0.25, -0.2) is 13.6 Å². The lowest BCUT2D eigenvalue weighted by molar-refractivity contribution is -0.140. The van der Waals surface area contributed by atoms with Crippen molar-refractivity contribution in [3.05, 3.63) is 29.8 Å². The number of nitrogens with zero attached hydrogens (tertiary/aromatic N) is 1. The van der Waals surface area contributed by atoms with Crippen LogP contribution in [-0.2, 0) is 4.79 Å². The van der Waals surface area contributed by atoms with E-state index in [2.05, 4.69) is 10.6 Å². The quantitative estimate of drug-likeness (QED) is 0.856. The van der Waals surface area contributed by atoms with Crippen LogP contribution < -0.4 is 10.6 Å². The molecule has 5 nitrogen and oxygen atoms in total. The summed E-state index contributed by atoms with van der Waals surface area (Å²) in [6.45, 7) is 1.44. The summed E-state index contributed by atoms with van der Waals surface area (Å²) in [5.74, 6) is -1.59. The van der Waals surface area contributed by atoms with E-state index in [4.69, 9.17) is 0 Å². The molecule has 0 aromatic heterocycles. The van der Waals surface area contributed by atoms with Crippen molar-refractivity contribution in [1.29, 1.82) is 0 Å². The van der Waals surface area contributed by atoms with E-state index in [1.54, 1.807) is 0 Å². The molecule has 7 heteroatoms. The Hall–Kier alpha value is -2.18. The Morgan fingerprint density at radius 1 is 0.962 bits per heavy atom. The third-order valence-electron chi connectivity index (χ3n) is 5.29. The van der Waals surface area contributed by atoms with Crippen LogP contribution in [0.25, 0.3) is 0 Å². The summed E-state index contributed by atoms with van der Waals surface area (Å²) in [6, 6.07) is 2.33. The number of urea groups is 1. The largest absolute Gasteiger partial charge is 0.341 e. The van der Waals surface area contributed by atoms with Crippen LogP contribution >= 0.6 is 0 Å². The second-order valence-corrected chi connectivity index (χ2v) is 7.20. The van der Waals surface area contributed by atoms with Crippen molar-refractivity contribution in [2.75, 3.05) is 18.4 Å². The van der Waals surface area contributed by atoms with Crippen molar-refractivity contribution in [2.24, 2.45) is 0 Å². The van der Waals surface area contributed by atoms with Gasteiger partial charge in [0.1, 0.15) is 17.2 Å². The molecule has 0 unspecified atom stereocenters. The van der Waals surface area contributed by atoms with Gasteiger partial charge in [0.2, 0.25) is 5.91 Å². The van der Waals surface area contributed by atoms with Gasteiger partial charge in [-0.3, -0.25) is 4.79 Å². The highest BCUT2D eigenvalue weighted by atomic mass is 19.1. The van der Waals surface area contributed by atoms with Crippen LogP contribution in [0.4, 0.5) is 19.3 Å². The van der Waals surface area contributed by atoms with Gasteiger partial charge in [0.25, 0.3) is 0 Å². The molecule has 26 heavy (non-hydrogen) atoms. The van der Waals surface area contributed by atoms with Gasteiger partial charge in [0.15, 0.2) is 0 Å². The molecule has 1 aromatic rings. The number of carbonyl (C=O) groups is 2. The zero-order valence-electron chi connectivity index (χ0n) is 14.8. The number of likely N-dealkylation sites (tertiary alicyclic amines) is 1. The fourth-order valence-electron chi connectivity index (χ4n) is 3.91. The summed E-state index contributed by atoms with van der Waals surface area (Å²) in [5, 5.41) is 5.22. The number of nitrogens with one attached hydrogen (secondary N) is 2. The second-order valence-electron chi connectivity index (χ2n) is 7.20. The van der Waals surface area contributed by atoms with Crippen molar-refractivity contribution in [2.45, 2.75) is 56.9 Å². The number of rotatable bonds is 3. The molecule has 1 aliphatic carbocycles. The molecule has 0 atom stereocenters. The molecule has 3 amide bonds. The molecular formula is C19H25F2N3O2. The van der Waals surface area contributed by atoms with Crippen molar-refractivity contribution in [1.82, 2.24) is 10.2 Å². The molecule has 1 heterocycles. The predicted octanol–water partition coefficient (Wildman–Crippen LogP) is 3.80. The zero-order chi connectivity index (χ0) is 18.6. The van der Waals surface area contributed by atoms with Crippen LogP contribution in [0.15, 0.2) is 18.2 Å². The lowest BCUT2D eigenvalue weighted by atomic mass is 9.80. The summed E-state index contributed by atoms with van der Waals surface area (Å²) in [6.07, 6.45) is 7.02. The first-order valence-electron chi connectivity index (χ1n) is 9.34. The maximum absolute atomic E-state index is 13.8. The van der Waals surface area contributed by atoms with Gasteiger partial charge in [-0.15, -0.1) is 0 Å². The van der Waals surface area contributed by atoms with E-state index >= 15 is 0 Å². The first-order chi connectivity index (χ1) is 12.5. The van der Waals surface area contributed by atoms with E-state index < -0.39 is 23.2 Å². The van der Waals surface area contributed by atoms with Crippen LogP contribution in [0.2, 0.25) is 0 Å². The van der Waals surface area contributed by atoms with Crippen LogP contribution in [-0.4, -0.2) is 35.5 Å². The van der Waals surface area contributed by atoms with E-state index in [1.807, 2.05) is 4.90 Å². The first kappa shape index (κ1) is 18.6. The van der Waals surface area contributed by atoms with Gasteiger partial charge in [-0.05, 0) is 44.2 Å². The zero-order valence-corrected chi connectivity index (χ0v) is 14.8. The Morgan fingerprint density at radius 2 is 1.62 bits per heavy atom. The number of amides is 3. The maximum Gasteiger partial charge on any atom is 0.320 e. The third kappa shape index (κ3) is 4.14. The first-order valence-corrected chi connectivity index (χ1v) is 9.34. The standard InChI is InChI=1S/C19H25F2N3O2/c20-14-7-8-16(15(21)13-14)22-18(26)23-19(9-3-1-4-10-19)17(25)24-11-5-2-6-12-24/h7-8,13H,1-6,9-12H2,(H2,22,23,26). The predicted molar refractivity (Wildman–Crippen MR) is 94.8 cm³/mol. The highest BCUT2D eigenvalue weighted by Crippen LogP contribution is 2.31. The van der Waals surface area contributed by atoms with Crippen molar-refractivity contribution < 1.29 is 18.4 Å². The van der Waals surface area contributed by atoms with Gasteiger partial charge >= 0.3 is 6.03 Å². The average molecular weight is 365 g/mol. The normalized spacial score (nSPS) is 19.7. The van der Waals surface area contributed by atoms with Gasteiger partial charge in [-0.2, -0.15) is 0 Å². The maximum atomic E-state index is 13.8. The Balaban J connectivity index is 1.73. The molecule has 0 bridgehead atoms. The topological polar surface area (TPSA) is 61.4 Å². The third-order valence-corrected chi connectivity index (χ3v) is 5.29. The van der Waals surface area contributed by atoms with Crippen molar-refractivity contribution in [3.8, 4) is 0 Å². The smallest absolute Gasteiger partial charge is 0.320 e. The number of halogens is 2. The summed E-state index contributed by atoms with van der Waals surface area (Å²) >= 11 is 0. The lowest BCUT2D eigenvalue weighted by Gasteiger charge is -2.41. The Bertz CT molecular complexity index is 669. The van der Waals surface area contributed by atoms with Crippen LogP contribution in [0, 0.1) is 11.6 Å². The van der Waals surface area contributed by atoms with Gasteiger partial charge in [0.05, 0.1) is 5.69 Å². The Labute approximate surface area is 152 Å². The molecule has 0 radical (unpaired) electrons. The SMILES string of the molecule is O=C(Nc1ccc(F)cc1F)NC1(C(=O)N2CCCCC2)CCCCC1. The fraction of sp³-hybridized carbons (Fsp3) is 0.579. The molecule has 2 fully saturated rings.